The molecule has 0 amide bonds. The Bertz CT molecular complexity index is 878. The third-order valence-corrected chi connectivity index (χ3v) is 3.20. The number of fused-ring (bicyclic) bond motifs is 2. The summed E-state index contributed by atoms with van der Waals surface area (Å²) >= 11 is 5.85. The van der Waals surface area contributed by atoms with E-state index in [0.29, 0.717) is 22.7 Å². The lowest BCUT2D eigenvalue weighted by atomic mass is 10.2. The van der Waals surface area contributed by atoms with Crippen molar-refractivity contribution in [3.8, 4) is 11.5 Å². The number of halogens is 1. The average Bonchev–Trinajstić information content (AvgIpc) is 3.14. The van der Waals surface area contributed by atoms with Crippen LogP contribution in [-0.2, 0) is 0 Å². The normalized spacial score (nSPS) is 13.1. The Labute approximate surface area is 129 Å². The van der Waals surface area contributed by atoms with Crippen molar-refractivity contribution < 1.29 is 9.47 Å². The summed E-state index contributed by atoms with van der Waals surface area (Å²) in [5.74, 6) is 1.85. The molecule has 3 aromatic rings. The molecule has 1 aliphatic rings. The topological polar surface area (TPSA) is 97.3 Å². The summed E-state index contributed by atoms with van der Waals surface area (Å²) in [6, 6.07) is 5.54. The molecule has 1 aliphatic heterocycles. The molecule has 3 heterocycles. The minimum Gasteiger partial charge on any atom is -0.454 e. The molecule has 0 bridgehead atoms. The number of nitrogens with one attached hydrogen (secondary N) is 2. The zero-order chi connectivity index (χ0) is 14.9. The van der Waals surface area contributed by atoms with Crippen molar-refractivity contribution in [1.29, 1.82) is 0 Å². The first-order valence-electron chi connectivity index (χ1n) is 6.35. The number of hydrogen-bond acceptors (Lipinski definition) is 7. The molecule has 8 nitrogen and oxygen atoms in total. The van der Waals surface area contributed by atoms with Gasteiger partial charge < -0.3 is 14.5 Å². The molecule has 0 atom stereocenters. The van der Waals surface area contributed by atoms with Crippen LogP contribution in [-0.4, -0.2) is 32.9 Å². The van der Waals surface area contributed by atoms with Crippen molar-refractivity contribution in [2.75, 3.05) is 12.2 Å². The van der Waals surface area contributed by atoms with Gasteiger partial charge in [-0.1, -0.05) is 0 Å². The second-order valence-electron chi connectivity index (χ2n) is 4.42. The molecule has 0 aliphatic carbocycles. The van der Waals surface area contributed by atoms with Gasteiger partial charge in [-0.3, -0.25) is 5.43 Å². The Kier molecular flexibility index (Phi) is 3.01. The first kappa shape index (κ1) is 12.8. The maximum Gasteiger partial charge on any atom is 0.231 e. The quantitative estimate of drug-likeness (QED) is 0.436. The summed E-state index contributed by atoms with van der Waals surface area (Å²) in [7, 11) is 0. The average molecular weight is 317 g/mol. The van der Waals surface area contributed by atoms with E-state index in [0.717, 1.165) is 11.3 Å². The monoisotopic (exact) mass is 316 g/mol. The third-order valence-electron chi connectivity index (χ3n) is 3.03. The van der Waals surface area contributed by atoms with E-state index in [-0.39, 0.29) is 12.1 Å². The molecule has 9 heteroatoms. The van der Waals surface area contributed by atoms with E-state index in [1.165, 1.54) is 6.33 Å². The van der Waals surface area contributed by atoms with Crippen LogP contribution in [0.25, 0.3) is 11.2 Å². The van der Waals surface area contributed by atoms with Gasteiger partial charge in [-0.15, -0.1) is 0 Å². The van der Waals surface area contributed by atoms with Crippen LogP contribution in [0.15, 0.2) is 29.6 Å². The van der Waals surface area contributed by atoms with Crippen molar-refractivity contribution in [2.45, 2.75) is 0 Å². The molecular formula is C13H9ClN6O2. The second-order valence-corrected chi connectivity index (χ2v) is 4.76. The van der Waals surface area contributed by atoms with Crippen LogP contribution in [0.2, 0.25) is 5.28 Å². The van der Waals surface area contributed by atoms with E-state index < -0.39 is 0 Å². The van der Waals surface area contributed by atoms with Gasteiger partial charge in [0.05, 0.1) is 12.5 Å². The SMILES string of the molecule is Clc1nc(NN=Cc2ccc3c(c2)OCO3)c2nc[nH]c2n1. The lowest BCUT2D eigenvalue weighted by Gasteiger charge is -2.01. The maximum absolute atomic E-state index is 5.85. The van der Waals surface area contributed by atoms with Gasteiger partial charge in [-0.2, -0.15) is 15.1 Å². The molecule has 0 spiro atoms. The van der Waals surface area contributed by atoms with Crippen molar-refractivity contribution in [3.05, 3.63) is 35.4 Å². The molecule has 0 radical (unpaired) electrons. The van der Waals surface area contributed by atoms with Crippen LogP contribution in [0.1, 0.15) is 5.56 Å². The van der Waals surface area contributed by atoms with Gasteiger partial charge in [-0.25, -0.2) is 4.98 Å². The highest BCUT2D eigenvalue weighted by molar-refractivity contribution is 6.28. The standard InChI is InChI=1S/C13H9ClN6O2/c14-13-18-11-10(15-5-16-11)12(19-13)20-17-4-7-1-2-8-9(3-7)22-6-21-8/h1-5H,6H2,(H2,15,16,18,19,20). The van der Waals surface area contributed by atoms with E-state index >= 15 is 0 Å². The van der Waals surface area contributed by atoms with E-state index in [1.807, 2.05) is 18.2 Å². The van der Waals surface area contributed by atoms with Crippen LogP contribution in [0.5, 0.6) is 11.5 Å². The highest BCUT2D eigenvalue weighted by Gasteiger charge is 2.12. The highest BCUT2D eigenvalue weighted by atomic mass is 35.5. The summed E-state index contributed by atoms with van der Waals surface area (Å²) < 4.78 is 10.6. The van der Waals surface area contributed by atoms with Gasteiger partial charge in [0.15, 0.2) is 28.5 Å². The number of ether oxygens (including phenoxy) is 2. The summed E-state index contributed by atoms with van der Waals surface area (Å²) in [4.78, 5) is 15.1. The molecule has 2 aromatic heterocycles. The number of hydrogen-bond donors (Lipinski definition) is 2. The first-order chi connectivity index (χ1) is 10.8. The number of hydrazone groups is 1. The third kappa shape index (κ3) is 2.29. The predicted octanol–water partition coefficient (Wildman–Crippen LogP) is 2.18. The highest BCUT2D eigenvalue weighted by Crippen LogP contribution is 2.32. The zero-order valence-corrected chi connectivity index (χ0v) is 11.8. The minimum absolute atomic E-state index is 0.109. The molecule has 0 saturated carbocycles. The number of aromatic amines is 1. The molecule has 1 aromatic carbocycles. The molecule has 2 N–H and O–H groups in total. The fourth-order valence-electron chi connectivity index (χ4n) is 2.05. The summed E-state index contributed by atoms with van der Waals surface area (Å²) in [5, 5.41) is 4.24. The molecule has 110 valence electrons. The lowest BCUT2D eigenvalue weighted by Crippen LogP contribution is -1.97. The number of rotatable bonds is 3. The summed E-state index contributed by atoms with van der Waals surface area (Å²) in [5.41, 5.74) is 4.77. The summed E-state index contributed by atoms with van der Waals surface area (Å²) in [6.45, 7) is 0.241. The smallest absolute Gasteiger partial charge is 0.231 e. The van der Waals surface area contributed by atoms with E-state index in [9.17, 15) is 0 Å². The number of imidazole rings is 1. The maximum atomic E-state index is 5.85. The van der Waals surface area contributed by atoms with Crippen LogP contribution in [0.3, 0.4) is 0 Å². The second kappa shape index (κ2) is 5.15. The number of anilines is 1. The summed E-state index contributed by atoms with van der Waals surface area (Å²) in [6.07, 6.45) is 3.15. The fraction of sp³-hybridized carbons (Fsp3) is 0.0769. The van der Waals surface area contributed by atoms with Crippen LogP contribution in [0, 0.1) is 0 Å². The molecule has 22 heavy (non-hydrogen) atoms. The Morgan fingerprint density at radius 3 is 3.14 bits per heavy atom. The van der Waals surface area contributed by atoms with Gasteiger partial charge in [0.1, 0.15) is 0 Å². The van der Waals surface area contributed by atoms with Crippen molar-refractivity contribution >= 4 is 34.8 Å². The number of aromatic nitrogens is 4. The fourth-order valence-corrected chi connectivity index (χ4v) is 2.22. The Balaban J connectivity index is 1.57. The van der Waals surface area contributed by atoms with Gasteiger partial charge in [-0.05, 0) is 35.4 Å². The van der Waals surface area contributed by atoms with Gasteiger partial charge in [0.2, 0.25) is 12.1 Å². The number of benzene rings is 1. The molecular weight excluding hydrogens is 308 g/mol. The molecule has 4 rings (SSSR count). The van der Waals surface area contributed by atoms with Crippen molar-refractivity contribution in [3.63, 3.8) is 0 Å². The minimum atomic E-state index is 0.109. The van der Waals surface area contributed by atoms with Gasteiger partial charge >= 0.3 is 0 Å². The number of H-pyrrole nitrogens is 1. The van der Waals surface area contributed by atoms with Crippen LogP contribution >= 0.6 is 11.6 Å². The Hall–Kier alpha value is -2.87. The van der Waals surface area contributed by atoms with Gasteiger partial charge in [0.25, 0.3) is 0 Å². The number of nitrogens with zero attached hydrogens (tertiary/aromatic N) is 4. The van der Waals surface area contributed by atoms with E-state index in [2.05, 4.69) is 30.5 Å². The molecule has 0 saturated heterocycles. The molecule has 0 unspecified atom stereocenters. The van der Waals surface area contributed by atoms with Crippen molar-refractivity contribution in [2.24, 2.45) is 5.10 Å². The zero-order valence-electron chi connectivity index (χ0n) is 11.1. The van der Waals surface area contributed by atoms with Crippen LogP contribution in [0.4, 0.5) is 5.82 Å². The largest absolute Gasteiger partial charge is 0.454 e. The Morgan fingerprint density at radius 2 is 2.18 bits per heavy atom. The van der Waals surface area contributed by atoms with E-state index in [4.69, 9.17) is 21.1 Å². The molecule has 0 fully saturated rings. The van der Waals surface area contributed by atoms with Gasteiger partial charge in [0, 0.05) is 0 Å². The predicted molar refractivity (Wildman–Crippen MR) is 80.5 cm³/mol. The first-order valence-corrected chi connectivity index (χ1v) is 6.73. The van der Waals surface area contributed by atoms with Crippen LogP contribution < -0.4 is 14.9 Å². The lowest BCUT2D eigenvalue weighted by molar-refractivity contribution is 0.174. The Morgan fingerprint density at radius 1 is 1.27 bits per heavy atom. The van der Waals surface area contributed by atoms with Crippen molar-refractivity contribution in [1.82, 2.24) is 19.9 Å². The van der Waals surface area contributed by atoms with E-state index in [1.54, 1.807) is 6.21 Å².